The van der Waals surface area contributed by atoms with Crippen molar-refractivity contribution in [3.63, 3.8) is 0 Å². The molecule has 2 rings (SSSR count). The Bertz CT molecular complexity index is 726. The molecule has 0 fully saturated rings. The fraction of sp³-hybridized carbons (Fsp3) is 0.308. The fourth-order valence-electron chi connectivity index (χ4n) is 1.83. The molecule has 0 aliphatic carbocycles. The third-order valence-electron chi connectivity index (χ3n) is 3.03. The molecule has 0 amide bonds. The standard InChI is InChI=1S/C13H17N4O5P/c1-9-13(18)12(6-14-3-2-11-5-15-8-17-11)10(4-16-9)7-22-23(19,20)21/h4-6,8,18H,2-3,7H2,1H3,(H,15,17)(H2,19,20,21). The van der Waals surface area contributed by atoms with Gasteiger partial charge in [-0.2, -0.15) is 0 Å². The highest BCUT2D eigenvalue weighted by Crippen LogP contribution is 2.37. The first-order valence-corrected chi connectivity index (χ1v) is 8.24. The van der Waals surface area contributed by atoms with Gasteiger partial charge in [0.25, 0.3) is 0 Å². The highest BCUT2D eigenvalue weighted by molar-refractivity contribution is 7.46. The molecule has 0 aromatic carbocycles. The molecule has 0 radical (unpaired) electrons. The van der Waals surface area contributed by atoms with Crippen molar-refractivity contribution >= 4 is 14.0 Å². The molecule has 0 unspecified atom stereocenters. The lowest BCUT2D eigenvalue weighted by Gasteiger charge is -2.10. The van der Waals surface area contributed by atoms with Crippen molar-refractivity contribution in [2.24, 2.45) is 4.99 Å². The van der Waals surface area contributed by atoms with Crippen molar-refractivity contribution < 1.29 is 24.0 Å². The highest BCUT2D eigenvalue weighted by Gasteiger charge is 2.17. The lowest BCUT2D eigenvalue weighted by molar-refractivity contribution is 0.188. The van der Waals surface area contributed by atoms with Crippen LogP contribution >= 0.6 is 7.82 Å². The molecule has 0 spiro atoms. The average molecular weight is 340 g/mol. The monoisotopic (exact) mass is 340 g/mol. The van der Waals surface area contributed by atoms with E-state index in [0.29, 0.717) is 29.8 Å². The summed E-state index contributed by atoms with van der Waals surface area (Å²) in [6.07, 6.45) is 6.76. The molecule has 0 saturated carbocycles. The number of aryl methyl sites for hydroxylation is 1. The van der Waals surface area contributed by atoms with Crippen LogP contribution in [0, 0.1) is 6.92 Å². The summed E-state index contributed by atoms with van der Waals surface area (Å²) in [5.74, 6) is -0.0953. The lowest BCUT2D eigenvalue weighted by Crippen LogP contribution is -2.01. The van der Waals surface area contributed by atoms with Gasteiger partial charge in [-0.25, -0.2) is 9.55 Å². The summed E-state index contributed by atoms with van der Waals surface area (Å²) in [5, 5.41) is 10.1. The summed E-state index contributed by atoms with van der Waals surface area (Å²) in [5.41, 5.74) is 1.99. The molecule has 10 heteroatoms. The fourth-order valence-corrected chi connectivity index (χ4v) is 2.13. The van der Waals surface area contributed by atoms with Crippen LogP contribution in [0.1, 0.15) is 22.5 Å². The first-order valence-electron chi connectivity index (χ1n) is 6.71. The second kappa shape index (κ2) is 7.47. The van der Waals surface area contributed by atoms with Gasteiger partial charge < -0.3 is 19.9 Å². The maximum atomic E-state index is 10.8. The van der Waals surface area contributed by atoms with Crippen LogP contribution in [0.5, 0.6) is 5.75 Å². The number of hydrogen-bond donors (Lipinski definition) is 4. The van der Waals surface area contributed by atoms with Crippen LogP contribution in [0.25, 0.3) is 0 Å². The van der Waals surface area contributed by atoms with E-state index in [2.05, 4.69) is 24.5 Å². The van der Waals surface area contributed by atoms with Crippen LogP contribution < -0.4 is 0 Å². The molecule has 23 heavy (non-hydrogen) atoms. The third-order valence-corrected chi connectivity index (χ3v) is 3.50. The minimum atomic E-state index is -4.61. The summed E-state index contributed by atoms with van der Waals surface area (Å²) in [6, 6.07) is 0. The Balaban J connectivity index is 2.11. The molecule has 9 nitrogen and oxygen atoms in total. The number of hydrogen-bond acceptors (Lipinski definition) is 6. The number of imidazole rings is 1. The number of pyridine rings is 1. The molecule has 0 atom stereocenters. The molecule has 0 aliphatic rings. The SMILES string of the molecule is Cc1ncc(COP(=O)(O)O)c(C=NCCc2cnc[nH]2)c1O. The summed E-state index contributed by atoms with van der Waals surface area (Å²) in [6.45, 7) is 1.69. The van der Waals surface area contributed by atoms with Gasteiger partial charge in [-0.3, -0.25) is 14.5 Å². The van der Waals surface area contributed by atoms with E-state index in [0.717, 1.165) is 5.69 Å². The number of nitrogens with one attached hydrogen (secondary N) is 1. The van der Waals surface area contributed by atoms with E-state index in [1.807, 2.05) is 0 Å². The number of rotatable bonds is 7. The van der Waals surface area contributed by atoms with Crippen molar-refractivity contribution in [3.8, 4) is 5.75 Å². The number of aromatic nitrogens is 3. The van der Waals surface area contributed by atoms with Crippen LogP contribution in [0.4, 0.5) is 0 Å². The van der Waals surface area contributed by atoms with Crippen molar-refractivity contribution in [3.05, 3.63) is 41.2 Å². The van der Waals surface area contributed by atoms with Gasteiger partial charge in [-0.05, 0) is 6.92 Å². The number of H-pyrrole nitrogens is 1. The zero-order valence-electron chi connectivity index (χ0n) is 12.4. The normalized spacial score (nSPS) is 12.1. The summed E-state index contributed by atoms with van der Waals surface area (Å²) in [4.78, 5) is 32.6. The van der Waals surface area contributed by atoms with Crippen molar-refractivity contribution in [1.82, 2.24) is 15.0 Å². The quantitative estimate of drug-likeness (QED) is 0.437. The zero-order chi connectivity index (χ0) is 16.9. The second-order valence-corrected chi connectivity index (χ2v) is 6.00. The lowest BCUT2D eigenvalue weighted by atomic mass is 10.1. The molecule has 2 aromatic rings. The predicted octanol–water partition coefficient (Wildman–Crippen LogP) is 1.09. The van der Waals surface area contributed by atoms with Crippen LogP contribution in [-0.2, 0) is 22.1 Å². The third kappa shape index (κ3) is 5.26. The minimum Gasteiger partial charge on any atom is -0.505 e. The van der Waals surface area contributed by atoms with E-state index < -0.39 is 7.82 Å². The Labute approximate surface area is 132 Å². The van der Waals surface area contributed by atoms with Gasteiger partial charge in [-0.1, -0.05) is 0 Å². The van der Waals surface area contributed by atoms with Gasteiger partial charge in [0.2, 0.25) is 0 Å². The van der Waals surface area contributed by atoms with Crippen LogP contribution in [0.3, 0.4) is 0 Å². The molecule has 0 aliphatic heterocycles. The minimum absolute atomic E-state index is 0.0953. The summed E-state index contributed by atoms with van der Waals surface area (Å²) < 4.78 is 15.3. The molecular formula is C13H17N4O5P. The van der Waals surface area contributed by atoms with Crippen molar-refractivity contribution in [2.45, 2.75) is 20.0 Å². The topological polar surface area (TPSA) is 141 Å². The van der Waals surface area contributed by atoms with E-state index >= 15 is 0 Å². The second-order valence-electron chi connectivity index (χ2n) is 4.76. The van der Waals surface area contributed by atoms with Crippen LogP contribution in [-0.4, -0.2) is 42.6 Å². The first kappa shape index (κ1) is 17.3. The first-order chi connectivity index (χ1) is 10.9. The Kier molecular flexibility index (Phi) is 5.62. The maximum absolute atomic E-state index is 10.8. The van der Waals surface area contributed by atoms with Crippen LogP contribution in [0.15, 0.2) is 23.7 Å². The Morgan fingerprint density at radius 2 is 2.22 bits per heavy atom. The molecule has 0 saturated heterocycles. The largest absolute Gasteiger partial charge is 0.505 e. The van der Waals surface area contributed by atoms with Gasteiger partial charge in [0, 0.05) is 48.4 Å². The number of aromatic amines is 1. The number of nitrogens with zero attached hydrogens (tertiary/aromatic N) is 3. The molecule has 4 N–H and O–H groups in total. The van der Waals surface area contributed by atoms with E-state index in [9.17, 15) is 9.67 Å². The number of aliphatic imine (C=N–C) groups is 1. The molecule has 0 bridgehead atoms. The summed E-state index contributed by atoms with van der Waals surface area (Å²) >= 11 is 0. The van der Waals surface area contributed by atoms with E-state index in [1.165, 1.54) is 12.4 Å². The molecule has 124 valence electrons. The number of phosphoric ester groups is 1. The molecular weight excluding hydrogens is 323 g/mol. The zero-order valence-corrected chi connectivity index (χ0v) is 13.3. The van der Waals surface area contributed by atoms with Crippen molar-refractivity contribution in [1.29, 1.82) is 0 Å². The number of aromatic hydroxyl groups is 1. The van der Waals surface area contributed by atoms with Gasteiger partial charge in [-0.15, -0.1) is 0 Å². The van der Waals surface area contributed by atoms with Gasteiger partial charge in [0.15, 0.2) is 0 Å². The van der Waals surface area contributed by atoms with Gasteiger partial charge in [0.1, 0.15) is 5.75 Å². The number of phosphoric acid groups is 1. The summed E-state index contributed by atoms with van der Waals surface area (Å²) in [7, 11) is -4.61. The molecule has 2 heterocycles. The Morgan fingerprint density at radius 3 is 2.87 bits per heavy atom. The van der Waals surface area contributed by atoms with E-state index in [4.69, 9.17) is 9.79 Å². The van der Waals surface area contributed by atoms with E-state index in [1.54, 1.807) is 19.4 Å². The van der Waals surface area contributed by atoms with Crippen molar-refractivity contribution in [2.75, 3.05) is 6.54 Å². The smallest absolute Gasteiger partial charge is 0.469 e. The average Bonchev–Trinajstić information content (AvgIpc) is 2.99. The Hall–Kier alpha value is -2.06. The predicted molar refractivity (Wildman–Crippen MR) is 82.2 cm³/mol. The highest BCUT2D eigenvalue weighted by atomic mass is 31.2. The van der Waals surface area contributed by atoms with Gasteiger partial charge >= 0.3 is 7.82 Å². The Morgan fingerprint density at radius 1 is 1.43 bits per heavy atom. The molecule has 2 aromatic heterocycles. The van der Waals surface area contributed by atoms with Gasteiger partial charge in [0.05, 0.1) is 18.6 Å². The van der Waals surface area contributed by atoms with Crippen LogP contribution in [0.2, 0.25) is 0 Å². The maximum Gasteiger partial charge on any atom is 0.469 e. The van der Waals surface area contributed by atoms with E-state index in [-0.39, 0.29) is 12.4 Å².